The van der Waals surface area contributed by atoms with Crippen molar-refractivity contribution >= 4 is 5.91 Å². The molecule has 2 heterocycles. The average molecular weight is 380 g/mol. The number of benzene rings is 1. The molecule has 2 aromatic rings. The van der Waals surface area contributed by atoms with Crippen LogP contribution in [0.25, 0.3) is 11.3 Å². The lowest BCUT2D eigenvalue weighted by molar-refractivity contribution is -0.137. The number of hydrogen-bond donors (Lipinski definition) is 1. The van der Waals surface area contributed by atoms with Gasteiger partial charge in [-0.25, -0.2) is 0 Å². The van der Waals surface area contributed by atoms with Crippen molar-refractivity contribution in [1.82, 2.24) is 10.1 Å². The summed E-state index contributed by atoms with van der Waals surface area (Å²) >= 11 is 0. The zero-order chi connectivity index (χ0) is 19.2. The molecule has 1 aromatic carbocycles. The molecule has 1 saturated carbocycles. The highest BCUT2D eigenvalue weighted by atomic mass is 19.4. The molecule has 0 radical (unpaired) electrons. The maximum absolute atomic E-state index is 13.2. The summed E-state index contributed by atoms with van der Waals surface area (Å²) in [4.78, 5) is 14.4. The SMILES string of the molecule is O=C(c1cc(-c2ccccc2C(F)(F)F)on1)N1CC2CCC(O)CC2C1. The van der Waals surface area contributed by atoms with Gasteiger partial charge in [0.15, 0.2) is 11.5 Å². The zero-order valence-corrected chi connectivity index (χ0v) is 14.4. The Morgan fingerprint density at radius 2 is 1.93 bits per heavy atom. The number of carbonyl (C=O) groups excluding carboxylic acids is 1. The number of aliphatic hydroxyl groups excluding tert-OH is 1. The van der Waals surface area contributed by atoms with Crippen LogP contribution >= 0.6 is 0 Å². The highest BCUT2D eigenvalue weighted by Gasteiger charge is 2.40. The predicted molar refractivity (Wildman–Crippen MR) is 89.7 cm³/mol. The van der Waals surface area contributed by atoms with E-state index >= 15 is 0 Å². The van der Waals surface area contributed by atoms with E-state index in [4.69, 9.17) is 4.52 Å². The Bertz CT molecular complexity index is 849. The van der Waals surface area contributed by atoms with E-state index < -0.39 is 11.7 Å². The molecule has 0 spiro atoms. The number of carbonyl (C=O) groups is 1. The van der Waals surface area contributed by atoms with Gasteiger partial charge in [-0.3, -0.25) is 4.79 Å². The fourth-order valence-corrected chi connectivity index (χ4v) is 4.18. The normalized spacial score (nSPS) is 25.5. The first-order valence-corrected chi connectivity index (χ1v) is 8.93. The molecule has 5 nitrogen and oxygen atoms in total. The Hall–Kier alpha value is -2.35. The Morgan fingerprint density at radius 3 is 2.70 bits per heavy atom. The van der Waals surface area contributed by atoms with E-state index in [9.17, 15) is 23.1 Å². The monoisotopic (exact) mass is 380 g/mol. The number of hydrogen-bond acceptors (Lipinski definition) is 4. The summed E-state index contributed by atoms with van der Waals surface area (Å²) in [6.07, 6.45) is -2.56. The maximum Gasteiger partial charge on any atom is 0.417 e. The summed E-state index contributed by atoms with van der Waals surface area (Å²) in [5.41, 5.74) is -0.975. The van der Waals surface area contributed by atoms with Crippen LogP contribution in [0.2, 0.25) is 0 Å². The van der Waals surface area contributed by atoms with Gasteiger partial charge in [0, 0.05) is 24.7 Å². The topological polar surface area (TPSA) is 66.6 Å². The standard InChI is InChI=1S/C19H19F3N2O3/c20-19(21,22)15-4-2-1-3-14(15)17-8-16(23-27-17)18(26)24-9-11-5-6-13(25)7-12(11)10-24/h1-4,8,11-13,25H,5-7,9-10H2. The average Bonchev–Trinajstić information content (AvgIpc) is 3.27. The molecule has 27 heavy (non-hydrogen) atoms. The fraction of sp³-hybridized carbons (Fsp3) is 0.474. The lowest BCUT2D eigenvalue weighted by atomic mass is 9.80. The number of fused-ring (bicyclic) bond motifs is 1. The second-order valence-electron chi connectivity index (χ2n) is 7.32. The van der Waals surface area contributed by atoms with Crippen LogP contribution in [0, 0.1) is 11.8 Å². The molecular formula is C19H19F3N2O3. The van der Waals surface area contributed by atoms with Crippen LogP contribution < -0.4 is 0 Å². The Morgan fingerprint density at radius 1 is 1.19 bits per heavy atom. The first-order valence-electron chi connectivity index (χ1n) is 8.93. The highest BCUT2D eigenvalue weighted by molar-refractivity contribution is 5.93. The number of rotatable bonds is 2. The van der Waals surface area contributed by atoms with Gasteiger partial charge in [-0.2, -0.15) is 13.2 Å². The smallest absolute Gasteiger partial charge is 0.393 e. The van der Waals surface area contributed by atoms with E-state index in [1.54, 1.807) is 4.90 Å². The molecule has 1 N–H and O–H groups in total. The van der Waals surface area contributed by atoms with Crippen LogP contribution in [0.3, 0.4) is 0 Å². The minimum absolute atomic E-state index is 0.00109. The second-order valence-corrected chi connectivity index (χ2v) is 7.32. The van der Waals surface area contributed by atoms with E-state index in [2.05, 4.69) is 5.16 Å². The summed E-state index contributed by atoms with van der Waals surface area (Å²) in [6, 6.07) is 6.31. The number of amides is 1. The van der Waals surface area contributed by atoms with Gasteiger partial charge in [0.25, 0.3) is 5.91 Å². The molecule has 8 heteroatoms. The summed E-state index contributed by atoms with van der Waals surface area (Å²) in [6.45, 7) is 1.11. The fourth-order valence-electron chi connectivity index (χ4n) is 4.18. The van der Waals surface area contributed by atoms with Gasteiger partial charge < -0.3 is 14.5 Å². The van der Waals surface area contributed by atoms with E-state index in [1.165, 1.54) is 24.3 Å². The molecule has 3 atom stereocenters. The number of halogens is 3. The van der Waals surface area contributed by atoms with Crippen LogP contribution in [-0.4, -0.2) is 40.3 Å². The van der Waals surface area contributed by atoms with Gasteiger partial charge in [0.2, 0.25) is 0 Å². The van der Waals surface area contributed by atoms with Crippen molar-refractivity contribution in [3.8, 4) is 11.3 Å². The third-order valence-electron chi connectivity index (χ3n) is 5.54. The predicted octanol–water partition coefficient (Wildman–Crippen LogP) is 3.59. The van der Waals surface area contributed by atoms with Crippen molar-refractivity contribution in [2.75, 3.05) is 13.1 Å². The van der Waals surface area contributed by atoms with Crippen LogP contribution in [0.5, 0.6) is 0 Å². The Balaban J connectivity index is 1.55. The molecule has 1 saturated heterocycles. The molecule has 4 rings (SSSR count). The largest absolute Gasteiger partial charge is 0.417 e. The first kappa shape index (κ1) is 18.0. The third kappa shape index (κ3) is 3.45. The first-order chi connectivity index (χ1) is 12.8. The second kappa shape index (κ2) is 6.67. The van der Waals surface area contributed by atoms with Gasteiger partial charge in [-0.15, -0.1) is 0 Å². The van der Waals surface area contributed by atoms with Gasteiger partial charge >= 0.3 is 6.18 Å². The summed E-state index contributed by atoms with van der Waals surface area (Å²) in [7, 11) is 0. The van der Waals surface area contributed by atoms with Crippen LogP contribution in [0.15, 0.2) is 34.9 Å². The quantitative estimate of drug-likeness (QED) is 0.865. The molecule has 144 valence electrons. The van der Waals surface area contributed by atoms with Crippen molar-refractivity contribution < 1.29 is 27.6 Å². The molecule has 1 amide bonds. The summed E-state index contributed by atoms with van der Waals surface area (Å²) in [5, 5.41) is 13.5. The molecule has 2 fully saturated rings. The van der Waals surface area contributed by atoms with Crippen LogP contribution in [-0.2, 0) is 6.18 Å². The van der Waals surface area contributed by atoms with Crippen molar-refractivity contribution in [3.63, 3.8) is 0 Å². The molecule has 1 aromatic heterocycles. The molecule has 1 aliphatic carbocycles. The summed E-state index contributed by atoms with van der Waals surface area (Å²) < 4.78 is 44.6. The Labute approximate surface area is 153 Å². The molecule has 3 unspecified atom stereocenters. The number of aliphatic hydroxyl groups is 1. The van der Waals surface area contributed by atoms with Gasteiger partial charge in [0.05, 0.1) is 11.7 Å². The molecular weight excluding hydrogens is 361 g/mol. The van der Waals surface area contributed by atoms with E-state index in [0.717, 1.165) is 18.9 Å². The van der Waals surface area contributed by atoms with E-state index in [0.29, 0.717) is 25.4 Å². The molecule has 1 aliphatic heterocycles. The van der Waals surface area contributed by atoms with Crippen LogP contribution in [0.1, 0.15) is 35.3 Å². The van der Waals surface area contributed by atoms with Crippen molar-refractivity contribution in [2.24, 2.45) is 11.8 Å². The van der Waals surface area contributed by atoms with Gasteiger partial charge in [-0.1, -0.05) is 23.4 Å². The molecule has 2 aliphatic rings. The number of nitrogens with zero attached hydrogens (tertiary/aromatic N) is 2. The number of aromatic nitrogens is 1. The maximum atomic E-state index is 13.2. The lowest BCUT2D eigenvalue weighted by Crippen LogP contribution is -2.29. The number of alkyl halides is 3. The van der Waals surface area contributed by atoms with Crippen molar-refractivity contribution in [1.29, 1.82) is 0 Å². The van der Waals surface area contributed by atoms with E-state index in [1.807, 2.05) is 0 Å². The number of likely N-dealkylation sites (tertiary alicyclic amines) is 1. The lowest BCUT2D eigenvalue weighted by Gasteiger charge is -2.27. The minimum Gasteiger partial charge on any atom is -0.393 e. The summed E-state index contributed by atoms with van der Waals surface area (Å²) in [5.74, 6) is 0.182. The van der Waals surface area contributed by atoms with Crippen LogP contribution in [0.4, 0.5) is 13.2 Å². The van der Waals surface area contributed by atoms with Gasteiger partial charge in [-0.05, 0) is 37.2 Å². The van der Waals surface area contributed by atoms with Crippen molar-refractivity contribution in [2.45, 2.75) is 31.5 Å². The minimum atomic E-state index is -4.53. The molecule has 0 bridgehead atoms. The van der Waals surface area contributed by atoms with E-state index in [-0.39, 0.29) is 34.9 Å². The third-order valence-corrected chi connectivity index (χ3v) is 5.54. The highest BCUT2D eigenvalue weighted by Crippen LogP contribution is 2.38. The zero-order valence-electron chi connectivity index (χ0n) is 14.4. The van der Waals surface area contributed by atoms with Crippen molar-refractivity contribution in [3.05, 3.63) is 41.6 Å². The van der Waals surface area contributed by atoms with Gasteiger partial charge in [0.1, 0.15) is 0 Å². The Kier molecular flexibility index (Phi) is 4.46.